The Labute approximate surface area is 153 Å². The molecule has 24 heavy (non-hydrogen) atoms. The lowest BCUT2D eigenvalue weighted by Crippen LogP contribution is -2.51. The minimum Gasteiger partial charge on any atom is -0.494 e. The van der Waals surface area contributed by atoms with Crippen molar-refractivity contribution in [1.29, 1.82) is 0 Å². The zero-order chi connectivity index (χ0) is 17.7. The van der Waals surface area contributed by atoms with Gasteiger partial charge in [0.15, 0.2) is 5.75 Å². The van der Waals surface area contributed by atoms with Crippen LogP contribution in [0.25, 0.3) is 0 Å². The highest BCUT2D eigenvalue weighted by molar-refractivity contribution is 6.37. The summed E-state index contributed by atoms with van der Waals surface area (Å²) < 4.78 is 10.5. The second kappa shape index (κ2) is 8.90. The predicted octanol–water partition coefficient (Wildman–Crippen LogP) is 3.09. The average molecular weight is 375 g/mol. The Morgan fingerprint density at radius 2 is 1.88 bits per heavy atom. The molecular weight excluding hydrogens is 351 g/mol. The Bertz CT molecular complexity index is 552. The van der Waals surface area contributed by atoms with Gasteiger partial charge in [-0.1, -0.05) is 37.0 Å². The number of halogens is 2. The molecule has 1 aromatic carbocycles. The van der Waals surface area contributed by atoms with Crippen LogP contribution in [0.2, 0.25) is 10.0 Å². The summed E-state index contributed by atoms with van der Waals surface area (Å²) in [5, 5.41) is 3.64. The SMILES string of the molecule is COc1c(Cl)cc(C(=O)NCC(C(C)C)N2CCOCC2)cc1Cl. The van der Waals surface area contributed by atoms with Crippen LogP contribution in [0.5, 0.6) is 5.75 Å². The molecule has 1 amide bonds. The van der Waals surface area contributed by atoms with Crippen LogP contribution < -0.4 is 10.1 Å². The molecule has 1 atom stereocenters. The summed E-state index contributed by atoms with van der Waals surface area (Å²) in [6.07, 6.45) is 0. The van der Waals surface area contributed by atoms with Crippen LogP contribution in [-0.2, 0) is 4.74 Å². The zero-order valence-electron chi connectivity index (χ0n) is 14.3. The van der Waals surface area contributed by atoms with Gasteiger partial charge in [-0.2, -0.15) is 0 Å². The number of nitrogens with one attached hydrogen (secondary N) is 1. The van der Waals surface area contributed by atoms with Crippen LogP contribution in [0.3, 0.4) is 0 Å². The smallest absolute Gasteiger partial charge is 0.251 e. The van der Waals surface area contributed by atoms with Gasteiger partial charge in [-0.3, -0.25) is 9.69 Å². The van der Waals surface area contributed by atoms with Crippen molar-refractivity contribution in [2.45, 2.75) is 19.9 Å². The van der Waals surface area contributed by atoms with Crippen LogP contribution in [0, 0.1) is 5.92 Å². The molecule has 5 nitrogen and oxygen atoms in total. The predicted molar refractivity (Wildman–Crippen MR) is 96.4 cm³/mol. The van der Waals surface area contributed by atoms with Gasteiger partial charge < -0.3 is 14.8 Å². The normalized spacial score (nSPS) is 16.9. The molecule has 1 aliphatic heterocycles. The number of carbonyl (C=O) groups is 1. The summed E-state index contributed by atoms with van der Waals surface area (Å²) in [5.74, 6) is 0.607. The van der Waals surface area contributed by atoms with Gasteiger partial charge in [-0.15, -0.1) is 0 Å². The Balaban J connectivity index is 2.03. The lowest BCUT2D eigenvalue weighted by atomic mass is 10.0. The van der Waals surface area contributed by atoms with Crippen molar-refractivity contribution in [3.05, 3.63) is 27.7 Å². The van der Waals surface area contributed by atoms with E-state index in [-0.39, 0.29) is 11.9 Å². The van der Waals surface area contributed by atoms with Gasteiger partial charge in [0.25, 0.3) is 5.91 Å². The van der Waals surface area contributed by atoms with E-state index >= 15 is 0 Å². The van der Waals surface area contributed by atoms with Gasteiger partial charge >= 0.3 is 0 Å². The van der Waals surface area contributed by atoms with E-state index in [1.165, 1.54) is 7.11 Å². The molecule has 1 saturated heterocycles. The first-order valence-corrected chi connectivity index (χ1v) is 8.82. The number of rotatable bonds is 6. The van der Waals surface area contributed by atoms with E-state index in [0.29, 0.717) is 33.8 Å². The molecule has 2 rings (SSSR count). The highest BCUT2D eigenvalue weighted by atomic mass is 35.5. The van der Waals surface area contributed by atoms with Crippen molar-refractivity contribution in [3.8, 4) is 5.75 Å². The fraction of sp³-hybridized carbons (Fsp3) is 0.588. The molecule has 0 radical (unpaired) electrons. The van der Waals surface area contributed by atoms with E-state index in [4.69, 9.17) is 32.7 Å². The van der Waals surface area contributed by atoms with Crippen molar-refractivity contribution in [2.75, 3.05) is 40.0 Å². The summed E-state index contributed by atoms with van der Waals surface area (Å²) >= 11 is 12.2. The quantitative estimate of drug-likeness (QED) is 0.830. The molecule has 1 fully saturated rings. The number of methoxy groups -OCH3 is 1. The van der Waals surface area contributed by atoms with Gasteiger partial charge in [-0.25, -0.2) is 0 Å². The highest BCUT2D eigenvalue weighted by Crippen LogP contribution is 2.33. The van der Waals surface area contributed by atoms with Crippen molar-refractivity contribution >= 4 is 29.1 Å². The molecule has 134 valence electrons. The first-order chi connectivity index (χ1) is 11.4. The number of hydrogen-bond donors (Lipinski definition) is 1. The number of benzene rings is 1. The van der Waals surface area contributed by atoms with Crippen LogP contribution >= 0.6 is 23.2 Å². The molecule has 0 aliphatic carbocycles. The summed E-state index contributed by atoms with van der Waals surface area (Å²) in [5.41, 5.74) is 0.426. The Hall–Kier alpha value is -1.01. The molecule has 1 unspecified atom stereocenters. The number of morpholine rings is 1. The second-order valence-corrected chi connectivity index (χ2v) is 6.96. The van der Waals surface area contributed by atoms with Crippen molar-refractivity contribution < 1.29 is 14.3 Å². The van der Waals surface area contributed by atoms with Crippen molar-refractivity contribution in [3.63, 3.8) is 0 Å². The standard InChI is InChI=1S/C17H24Cl2N2O3/c1-11(2)15(21-4-6-24-7-5-21)10-20-17(22)12-8-13(18)16(23-3)14(19)9-12/h8-9,11,15H,4-7,10H2,1-3H3,(H,20,22). The first-order valence-electron chi connectivity index (χ1n) is 8.07. The molecule has 1 heterocycles. The molecule has 0 aromatic heterocycles. The van der Waals surface area contributed by atoms with Crippen LogP contribution in [0.4, 0.5) is 0 Å². The number of nitrogens with zero attached hydrogens (tertiary/aromatic N) is 1. The van der Waals surface area contributed by atoms with Gasteiger partial charge in [0.05, 0.1) is 30.4 Å². The van der Waals surface area contributed by atoms with Crippen molar-refractivity contribution in [1.82, 2.24) is 10.2 Å². The van der Waals surface area contributed by atoms with Gasteiger partial charge in [0, 0.05) is 31.2 Å². The minimum atomic E-state index is -0.194. The average Bonchev–Trinajstić information content (AvgIpc) is 2.55. The highest BCUT2D eigenvalue weighted by Gasteiger charge is 2.24. The molecule has 0 saturated carbocycles. The fourth-order valence-corrected chi connectivity index (χ4v) is 3.52. The summed E-state index contributed by atoms with van der Waals surface area (Å²) in [4.78, 5) is 14.8. The molecule has 1 N–H and O–H groups in total. The maximum atomic E-state index is 12.4. The third-order valence-corrected chi connectivity index (χ3v) is 4.78. The van der Waals surface area contributed by atoms with E-state index < -0.39 is 0 Å². The van der Waals surface area contributed by atoms with E-state index in [0.717, 1.165) is 26.3 Å². The maximum Gasteiger partial charge on any atom is 0.251 e. The Morgan fingerprint density at radius 3 is 2.38 bits per heavy atom. The largest absolute Gasteiger partial charge is 0.494 e. The summed E-state index contributed by atoms with van der Waals surface area (Å²) in [7, 11) is 1.49. The monoisotopic (exact) mass is 374 g/mol. The number of amides is 1. The molecule has 1 aromatic rings. The molecular formula is C17H24Cl2N2O3. The van der Waals surface area contributed by atoms with Gasteiger partial charge in [0.2, 0.25) is 0 Å². The fourth-order valence-electron chi connectivity index (χ4n) is 2.88. The Kier molecular flexibility index (Phi) is 7.16. The lowest BCUT2D eigenvalue weighted by molar-refractivity contribution is 0.00673. The topological polar surface area (TPSA) is 50.8 Å². The molecule has 0 spiro atoms. The van der Waals surface area contributed by atoms with E-state index in [1.807, 2.05) is 0 Å². The van der Waals surface area contributed by atoms with E-state index in [1.54, 1.807) is 12.1 Å². The number of ether oxygens (including phenoxy) is 2. The van der Waals surface area contributed by atoms with Gasteiger partial charge in [0.1, 0.15) is 0 Å². The first kappa shape index (κ1) is 19.3. The Morgan fingerprint density at radius 1 is 1.29 bits per heavy atom. The minimum absolute atomic E-state index is 0.194. The van der Waals surface area contributed by atoms with Crippen LogP contribution in [0.15, 0.2) is 12.1 Å². The zero-order valence-corrected chi connectivity index (χ0v) is 15.8. The lowest BCUT2D eigenvalue weighted by Gasteiger charge is -2.36. The van der Waals surface area contributed by atoms with Crippen LogP contribution in [-0.4, -0.2) is 56.8 Å². The van der Waals surface area contributed by atoms with E-state index in [2.05, 4.69) is 24.1 Å². The summed E-state index contributed by atoms with van der Waals surface area (Å²) in [6, 6.07) is 3.41. The number of carbonyl (C=O) groups excluding carboxylic acids is 1. The second-order valence-electron chi connectivity index (χ2n) is 6.14. The third-order valence-electron chi connectivity index (χ3n) is 4.22. The molecule has 0 bridgehead atoms. The third kappa shape index (κ3) is 4.76. The molecule has 7 heteroatoms. The molecule has 1 aliphatic rings. The maximum absolute atomic E-state index is 12.4. The summed E-state index contributed by atoms with van der Waals surface area (Å²) in [6.45, 7) is 8.14. The van der Waals surface area contributed by atoms with Crippen LogP contribution in [0.1, 0.15) is 24.2 Å². The van der Waals surface area contributed by atoms with Gasteiger partial charge in [-0.05, 0) is 18.1 Å². The van der Waals surface area contributed by atoms with E-state index in [9.17, 15) is 4.79 Å². The number of hydrogen-bond acceptors (Lipinski definition) is 4. The van der Waals surface area contributed by atoms with Crippen molar-refractivity contribution in [2.24, 2.45) is 5.92 Å².